The molecular formula is C25H24N2O7. The van der Waals surface area contributed by atoms with Crippen LogP contribution >= 0.6 is 0 Å². The topological polar surface area (TPSA) is 148 Å². The molecule has 34 heavy (non-hydrogen) atoms. The molecule has 0 radical (unpaired) electrons. The number of benzene rings is 3. The SMILES string of the molecule is COc1ccc(/C=C/C(=O)Nc2ccccc2C(=O)O)cc1OC.Nc1ccc(C(=O)O)cc1. The van der Waals surface area contributed by atoms with Crippen LogP contribution in [0.15, 0.2) is 72.8 Å². The molecule has 0 fully saturated rings. The van der Waals surface area contributed by atoms with Crippen LogP contribution in [0.3, 0.4) is 0 Å². The number of carbonyl (C=O) groups is 3. The molecule has 0 aromatic heterocycles. The summed E-state index contributed by atoms with van der Waals surface area (Å²) in [6, 6.07) is 17.5. The number of carboxylic acids is 2. The molecule has 5 N–H and O–H groups in total. The van der Waals surface area contributed by atoms with Crippen molar-refractivity contribution in [2.24, 2.45) is 0 Å². The van der Waals surface area contributed by atoms with E-state index in [0.29, 0.717) is 17.2 Å². The normalized spacial score (nSPS) is 10.1. The fraction of sp³-hybridized carbons (Fsp3) is 0.0800. The van der Waals surface area contributed by atoms with Crippen LogP contribution in [0.4, 0.5) is 11.4 Å². The van der Waals surface area contributed by atoms with Crippen LogP contribution < -0.4 is 20.5 Å². The lowest BCUT2D eigenvalue weighted by Crippen LogP contribution is -2.11. The van der Waals surface area contributed by atoms with Gasteiger partial charge in [0.1, 0.15) is 0 Å². The molecule has 0 bridgehead atoms. The van der Waals surface area contributed by atoms with Crippen LogP contribution in [-0.2, 0) is 4.79 Å². The zero-order valence-electron chi connectivity index (χ0n) is 18.5. The van der Waals surface area contributed by atoms with Crippen molar-refractivity contribution in [1.82, 2.24) is 0 Å². The molecule has 0 unspecified atom stereocenters. The van der Waals surface area contributed by atoms with E-state index in [1.54, 1.807) is 55.7 Å². The molecule has 1 amide bonds. The van der Waals surface area contributed by atoms with Crippen LogP contribution in [0, 0.1) is 0 Å². The van der Waals surface area contributed by atoms with Gasteiger partial charge in [-0.3, -0.25) is 4.79 Å². The monoisotopic (exact) mass is 464 g/mol. The van der Waals surface area contributed by atoms with E-state index in [4.69, 9.17) is 25.4 Å². The molecule has 0 saturated carbocycles. The van der Waals surface area contributed by atoms with Gasteiger partial charge in [0.25, 0.3) is 0 Å². The second-order valence-corrected chi connectivity index (χ2v) is 6.71. The third-order valence-electron chi connectivity index (χ3n) is 4.41. The van der Waals surface area contributed by atoms with Crippen molar-refractivity contribution in [1.29, 1.82) is 0 Å². The second-order valence-electron chi connectivity index (χ2n) is 6.71. The maximum atomic E-state index is 12.0. The molecule has 0 aliphatic rings. The Morgan fingerprint density at radius 3 is 2.09 bits per heavy atom. The number of hydrogen-bond donors (Lipinski definition) is 4. The zero-order chi connectivity index (χ0) is 25.1. The summed E-state index contributed by atoms with van der Waals surface area (Å²) in [5.74, 6) is -1.32. The number of methoxy groups -OCH3 is 2. The van der Waals surface area contributed by atoms with E-state index >= 15 is 0 Å². The number of para-hydroxylation sites is 1. The second kappa shape index (κ2) is 12.3. The van der Waals surface area contributed by atoms with Gasteiger partial charge in [-0.1, -0.05) is 18.2 Å². The first-order valence-electron chi connectivity index (χ1n) is 9.87. The van der Waals surface area contributed by atoms with E-state index < -0.39 is 17.8 Å². The predicted molar refractivity (Wildman–Crippen MR) is 128 cm³/mol. The van der Waals surface area contributed by atoms with Gasteiger partial charge in [0.05, 0.1) is 31.0 Å². The maximum absolute atomic E-state index is 12.0. The average molecular weight is 464 g/mol. The Balaban J connectivity index is 0.000000340. The Bertz CT molecular complexity index is 1190. The van der Waals surface area contributed by atoms with E-state index in [9.17, 15) is 14.4 Å². The number of anilines is 2. The van der Waals surface area contributed by atoms with Gasteiger partial charge >= 0.3 is 11.9 Å². The molecular weight excluding hydrogens is 440 g/mol. The van der Waals surface area contributed by atoms with E-state index in [-0.39, 0.29) is 16.8 Å². The van der Waals surface area contributed by atoms with Gasteiger partial charge < -0.3 is 30.7 Å². The molecule has 0 atom stereocenters. The molecule has 3 aromatic carbocycles. The van der Waals surface area contributed by atoms with Gasteiger partial charge in [0, 0.05) is 11.8 Å². The lowest BCUT2D eigenvalue weighted by Gasteiger charge is -2.08. The first-order chi connectivity index (χ1) is 16.2. The summed E-state index contributed by atoms with van der Waals surface area (Å²) < 4.78 is 10.3. The van der Waals surface area contributed by atoms with Gasteiger partial charge in [0.2, 0.25) is 5.91 Å². The summed E-state index contributed by atoms with van der Waals surface area (Å²) in [5, 5.41) is 20.1. The molecule has 0 saturated heterocycles. The summed E-state index contributed by atoms with van der Waals surface area (Å²) in [6.07, 6.45) is 2.92. The number of rotatable bonds is 7. The zero-order valence-corrected chi connectivity index (χ0v) is 18.5. The van der Waals surface area contributed by atoms with Crippen molar-refractivity contribution in [2.45, 2.75) is 0 Å². The van der Waals surface area contributed by atoms with Crippen molar-refractivity contribution in [3.63, 3.8) is 0 Å². The molecule has 176 valence electrons. The predicted octanol–water partition coefficient (Wildman–Crippen LogP) is 4.02. The summed E-state index contributed by atoms with van der Waals surface area (Å²) in [6.45, 7) is 0. The largest absolute Gasteiger partial charge is 0.493 e. The number of ether oxygens (including phenoxy) is 2. The third-order valence-corrected chi connectivity index (χ3v) is 4.41. The molecule has 3 rings (SSSR count). The summed E-state index contributed by atoms with van der Waals surface area (Å²) in [7, 11) is 3.07. The van der Waals surface area contributed by atoms with E-state index in [1.807, 2.05) is 0 Å². The summed E-state index contributed by atoms with van der Waals surface area (Å²) >= 11 is 0. The van der Waals surface area contributed by atoms with Gasteiger partial charge in [-0.2, -0.15) is 0 Å². The number of nitrogen functional groups attached to an aromatic ring is 1. The summed E-state index contributed by atoms with van der Waals surface area (Å²) in [4.78, 5) is 33.4. The van der Waals surface area contributed by atoms with Crippen molar-refractivity contribution >= 4 is 35.3 Å². The van der Waals surface area contributed by atoms with E-state index in [2.05, 4.69) is 5.32 Å². The van der Waals surface area contributed by atoms with Gasteiger partial charge in [-0.05, 0) is 60.2 Å². The number of nitrogens with two attached hydrogens (primary N) is 1. The smallest absolute Gasteiger partial charge is 0.337 e. The van der Waals surface area contributed by atoms with Crippen LogP contribution in [0.2, 0.25) is 0 Å². The van der Waals surface area contributed by atoms with E-state index in [1.165, 1.54) is 37.5 Å². The highest BCUT2D eigenvalue weighted by atomic mass is 16.5. The van der Waals surface area contributed by atoms with Crippen molar-refractivity contribution in [3.8, 4) is 11.5 Å². The molecule has 0 aliphatic carbocycles. The van der Waals surface area contributed by atoms with Crippen molar-refractivity contribution in [2.75, 3.05) is 25.3 Å². The Morgan fingerprint density at radius 2 is 1.50 bits per heavy atom. The number of aromatic carboxylic acids is 2. The molecule has 0 heterocycles. The minimum absolute atomic E-state index is 0.0327. The van der Waals surface area contributed by atoms with Crippen LogP contribution in [0.1, 0.15) is 26.3 Å². The first kappa shape index (κ1) is 25.5. The molecule has 0 aliphatic heterocycles. The number of hydrogen-bond acceptors (Lipinski definition) is 6. The molecule has 3 aromatic rings. The highest BCUT2D eigenvalue weighted by molar-refractivity contribution is 6.06. The Hall–Kier alpha value is -4.79. The lowest BCUT2D eigenvalue weighted by molar-refractivity contribution is -0.111. The van der Waals surface area contributed by atoms with Crippen LogP contribution in [0.25, 0.3) is 6.08 Å². The minimum atomic E-state index is -1.10. The number of carbonyl (C=O) groups excluding carboxylic acids is 1. The first-order valence-corrected chi connectivity index (χ1v) is 9.87. The van der Waals surface area contributed by atoms with Crippen molar-refractivity contribution < 1.29 is 34.1 Å². The fourth-order valence-corrected chi connectivity index (χ4v) is 2.71. The minimum Gasteiger partial charge on any atom is -0.493 e. The van der Waals surface area contributed by atoms with Gasteiger partial charge in [-0.15, -0.1) is 0 Å². The summed E-state index contributed by atoms with van der Waals surface area (Å²) in [5.41, 5.74) is 7.19. The standard InChI is InChI=1S/C18H17NO5.C7H7NO2/c1-23-15-9-7-12(11-16(15)24-2)8-10-17(20)19-14-6-4-3-5-13(14)18(21)22;8-6-3-1-5(2-4-6)7(9)10/h3-11H,1-2H3,(H,19,20)(H,21,22);1-4H,8H2,(H,9,10)/b10-8+;. The highest BCUT2D eigenvalue weighted by Crippen LogP contribution is 2.28. The van der Waals surface area contributed by atoms with Crippen LogP contribution in [0.5, 0.6) is 11.5 Å². The molecule has 9 heteroatoms. The Morgan fingerprint density at radius 1 is 0.853 bits per heavy atom. The van der Waals surface area contributed by atoms with Crippen molar-refractivity contribution in [3.05, 3.63) is 89.5 Å². The molecule has 0 spiro atoms. The highest BCUT2D eigenvalue weighted by Gasteiger charge is 2.10. The average Bonchev–Trinajstić information content (AvgIpc) is 2.83. The Labute approximate surface area is 196 Å². The van der Waals surface area contributed by atoms with Gasteiger partial charge in [-0.25, -0.2) is 9.59 Å². The fourth-order valence-electron chi connectivity index (χ4n) is 2.71. The van der Waals surface area contributed by atoms with Gasteiger partial charge in [0.15, 0.2) is 11.5 Å². The Kier molecular flexibility index (Phi) is 9.21. The number of amides is 1. The maximum Gasteiger partial charge on any atom is 0.337 e. The quantitative estimate of drug-likeness (QED) is 0.303. The number of nitrogens with one attached hydrogen (secondary N) is 1. The molecule has 9 nitrogen and oxygen atoms in total. The third kappa shape index (κ3) is 7.41. The van der Waals surface area contributed by atoms with Crippen LogP contribution in [-0.4, -0.2) is 42.3 Å². The lowest BCUT2D eigenvalue weighted by atomic mass is 10.1. The number of carboxylic acid groups (broad SMARTS) is 2. The van der Waals surface area contributed by atoms with E-state index in [0.717, 1.165) is 5.56 Å².